The second kappa shape index (κ2) is 9.31. The third-order valence-corrected chi connectivity index (χ3v) is 6.72. The number of aryl methyl sites for hydroxylation is 1. The van der Waals surface area contributed by atoms with Crippen LogP contribution in [0.25, 0.3) is 11.3 Å². The predicted octanol–water partition coefficient (Wildman–Crippen LogP) is 2.53. The highest BCUT2D eigenvalue weighted by Gasteiger charge is 2.29. The molecule has 8 heteroatoms. The Bertz CT molecular complexity index is 1110. The molecule has 172 valence electrons. The van der Waals surface area contributed by atoms with Crippen molar-refractivity contribution in [2.75, 3.05) is 31.1 Å². The van der Waals surface area contributed by atoms with Gasteiger partial charge in [-0.2, -0.15) is 5.10 Å². The lowest BCUT2D eigenvalue weighted by molar-refractivity contribution is -0.122. The van der Waals surface area contributed by atoms with E-state index >= 15 is 0 Å². The first-order valence-corrected chi connectivity index (χ1v) is 11.7. The summed E-state index contributed by atoms with van der Waals surface area (Å²) in [4.78, 5) is 26.0. The molecule has 0 atom stereocenters. The maximum Gasteiger partial charge on any atom is 0.223 e. The Morgan fingerprint density at radius 1 is 1.06 bits per heavy atom. The van der Waals surface area contributed by atoms with Crippen LogP contribution in [0, 0.1) is 12.8 Å². The van der Waals surface area contributed by atoms with Crippen molar-refractivity contribution in [1.29, 1.82) is 0 Å². The largest absolute Gasteiger partial charge is 0.352 e. The molecule has 0 radical (unpaired) electrons. The Labute approximate surface area is 194 Å². The molecule has 1 saturated heterocycles. The molecule has 1 saturated carbocycles. The first-order chi connectivity index (χ1) is 16.1. The molecule has 1 aliphatic carbocycles. The summed E-state index contributed by atoms with van der Waals surface area (Å²) in [6.07, 6.45) is 7.55. The topological polar surface area (TPSA) is 79.2 Å². The van der Waals surface area contributed by atoms with Gasteiger partial charge in [0.1, 0.15) is 5.69 Å². The molecule has 0 unspecified atom stereocenters. The summed E-state index contributed by atoms with van der Waals surface area (Å²) in [5.41, 5.74) is 5.56. The van der Waals surface area contributed by atoms with Crippen molar-refractivity contribution < 1.29 is 4.79 Å². The second-order valence-corrected chi connectivity index (χ2v) is 9.06. The smallest absolute Gasteiger partial charge is 0.223 e. The highest BCUT2D eigenvalue weighted by molar-refractivity contribution is 5.80. The molecule has 3 aromatic rings. The average molecular weight is 446 g/mol. The Kier molecular flexibility index (Phi) is 6.09. The van der Waals surface area contributed by atoms with Crippen molar-refractivity contribution in [2.45, 2.75) is 32.9 Å². The van der Waals surface area contributed by atoms with Crippen LogP contribution in [0.1, 0.15) is 29.7 Å². The number of rotatable bonds is 7. The van der Waals surface area contributed by atoms with Gasteiger partial charge in [-0.25, -0.2) is 4.98 Å². The highest BCUT2D eigenvalue weighted by Crippen LogP contribution is 2.29. The molecular formula is C25H31N7O. The minimum Gasteiger partial charge on any atom is -0.352 e. The van der Waals surface area contributed by atoms with Crippen molar-refractivity contribution in [3.05, 3.63) is 59.7 Å². The fourth-order valence-electron chi connectivity index (χ4n) is 4.28. The SMILES string of the molecule is Cc1c(CN2CCN(c3nccnc3-c3ccc(CNC(=O)C4CC4)cc3)CC2)cnn1C. The molecule has 33 heavy (non-hydrogen) atoms. The number of nitrogens with zero attached hydrogens (tertiary/aromatic N) is 6. The molecule has 2 fully saturated rings. The van der Waals surface area contributed by atoms with Crippen LogP contribution in [-0.2, 0) is 24.9 Å². The van der Waals surface area contributed by atoms with E-state index < -0.39 is 0 Å². The number of benzene rings is 1. The average Bonchev–Trinajstić information content (AvgIpc) is 3.66. The van der Waals surface area contributed by atoms with Gasteiger partial charge in [0.2, 0.25) is 5.91 Å². The lowest BCUT2D eigenvalue weighted by Gasteiger charge is -2.35. The monoisotopic (exact) mass is 445 g/mol. The maximum atomic E-state index is 11.9. The van der Waals surface area contributed by atoms with E-state index in [-0.39, 0.29) is 11.8 Å². The molecule has 8 nitrogen and oxygen atoms in total. The minimum absolute atomic E-state index is 0.174. The van der Waals surface area contributed by atoms with Gasteiger partial charge in [-0.05, 0) is 25.3 Å². The van der Waals surface area contributed by atoms with E-state index in [1.165, 1.54) is 11.3 Å². The molecule has 3 heterocycles. The van der Waals surface area contributed by atoms with Gasteiger partial charge in [0.05, 0.1) is 6.20 Å². The van der Waals surface area contributed by atoms with Crippen LogP contribution >= 0.6 is 0 Å². The van der Waals surface area contributed by atoms with Crippen molar-refractivity contribution in [3.63, 3.8) is 0 Å². The summed E-state index contributed by atoms with van der Waals surface area (Å²) in [6, 6.07) is 8.28. The lowest BCUT2D eigenvalue weighted by Crippen LogP contribution is -2.46. The summed E-state index contributed by atoms with van der Waals surface area (Å²) in [6.45, 7) is 7.40. The number of piperazine rings is 1. The van der Waals surface area contributed by atoms with E-state index in [1.54, 1.807) is 12.4 Å². The number of amides is 1. The van der Waals surface area contributed by atoms with E-state index in [4.69, 9.17) is 0 Å². The zero-order valence-corrected chi connectivity index (χ0v) is 19.4. The summed E-state index contributed by atoms with van der Waals surface area (Å²) in [7, 11) is 1.99. The number of hydrogen-bond acceptors (Lipinski definition) is 6. The summed E-state index contributed by atoms with van der Waals surface area (Å²) in [5, 5.41) is 7.39. The van der Waals surface area contributed by atoms with Gasteiger partial charge < -0.3 is 10.2 Å². The van der Waals surface area contributed by atoms with Crippen LogP contribution in [0.4, 0.5) is 5.82 Å². The molecule has 1 N–H and O–H groups in total. The first-order valence-electron chi connectivity index (χ1n) is 11.7. The van der Waals surface area contributed by atoms with E-state index in [0.29, 0.717) is 6.54 Å². The first kappa shape index (κ1) is 21.6. The fraction of sp³-hybridized carbons (Fsp3) is 0.440. The predicted molar refractivity (Wildman–Crippen MR) is 127 cm³/mol. The van der Waals surface area contributed by atoms with Crippen molar-refractivity contribution in [1.82, 2.24) is 30.0 Å². The summed E-state index contributed by atoms with van der Waals surface area (Å²) >= 11 is 0. The van der Waals surface area contributed by atoms with Crippen LogP contribution in [-0.4, -0.2) is 56.7 Å². The van der Waals surface area contributed by atoms with Gasteiger partial charge in [0.25, 0.3) is 0 Å². The van der Waals surface area contributed by atoms with Crippen LogP contribution < -0.4 is 10.2 Å². The van der Waals surface area contributed by atoms with Crippen LogP contribution in [0.3, 0.4) is 0 Å². The third-order valence-electron chi connectivity index (χ3n) is 6.72. The zero-order chi connectivity index (χ0) is 22.8. The van der Waals surface area contributed by atoms with Crippen LogP contribution in [0.5, 0.6) is 0 Å². The van der Waals surface area contributed by atoms with Gasteiger partial charge in [-0.15, -0.1) is 0 Å². The maximum absolute atomic E-state index is 11.9. The molecule has 5 rings (SSSR count). The molecule has 2 aromatic heterocycles. The lowest BCUT2D eigenvalue weighted by atomic mass is 10.1. The third kappa shape index (κ3) is 4.90. The van der Waals surface area contributed by atoms with Crippen molar-refractivity contribution in [3.8, 4) is 11.3 Å². The normalized spacial score (nSPS) is 16.7. The summed E-state index contributed by atoms with van der Waals surface area (Å²) in [5.74, 6) is 1.35. The molecule has 0 spiro atoms. The molecular weight excluding hydrogens is 414 g/mol. The minimum atomic E-state index is 0.174. The molecule has 1 aromatic carbocycles. The standard InChI is InChI=1S/C25H31N7O/c1-18-22(16-29-30(18)2)17-31-11-13-32(14-12-31)24-23(26-9-10-27-24)20-5-3-19(4-6-20)15-28-25(33)21-7-8-21/h3-6,9-10,16,21H,7-8,11-15,17H2,1-2H3,(H,28,33). The number of hydrogen-bond donors (Lipinski definition) is 1. The van der Waals surface area contributed by atoms with E-state index in [0.717, 1.165) is 68.2 Å². The Balaban J connectivity index is 1.22. The van der Waals surface area contributed by atoms with E-state index in [2.05, 4.69) is 61.4 Å². The van der Waals surface area contributed by atoms with Gasteiger partial charge in [-0.3, -0.25) is 19.4 Å². The zero-order valence-electron chi connectivity index (χ0n) is 19.4. The number of anilines is 1. The molecule has 0 bridgehead atoms. The number of nitrogens with one attached hydrogen (secondary N) is 1. The quantitative estimate of drug-likeness (QED) is 0.602. The highest BCUT2D eigenvalue weighted by atomic mass is 16.2. The van der Waals surface area contributed by atoms with Crippen LogP contribution in [0.2, 0.25) is 0 Å². The number of carbonyl (C=O) groups is 1. The Morgan fingerprint density at radius 2 is 1.79 bits per heavy atom. The van der Waals surface area contributed by atoms with Crippen LogP contribution in [0.15, 0.2) is 42.9 Å². The fourth-order valence-corrected chi connectivity index (χ4v) is 4.28. The Morgan fingerprint density at radius 3 is 2.45 bits per heavy atom. The van der Waals surface area contributed by atoms with Gasteiger partial charge >= 0.3 is 0 Å². The molecule has 2 aliphatic rings. The van der Waals surface area contributed by atoms with Gasteiger partial charge in [0.15, 0.2) is 5.82 Å². The molecule has 1 amide bonds. The number of aromatic nitrogens is 4. The van der Waals surface area contributed by atoms with E-state index in [1.807, 2.05) is 17.9 Å². The van der Waals surface area contributed by atoms with Crippen molar-refractivity contribution >= 4 is 11.7 Å². The number of carbonyl (C=O) groups excluding carboxylic acids is 1. The van der Waals surface area contributed by atoms with E-state index in [9.17, 15) is 4.79 Å². The summed E-state index contributed by atoms with van der Waals surface area (Å²) < 4.78 is 1.93. The van der Waals surface area contributed by atoms with Gasteiger partial charge in [-0.1, -0.05) is 24.3 Å². The van der Waals surface area contributed by atoms with Gasteiger partial charge in [0, 0.05) is 81.4 Å². The van der Waals surface area contributed by atoms with Crippen molar-refractivity contribution in [2.24, 2.45) is 13.0 Å². The second-order valence-electron chi connectivity index (χ2n) is 9.06. The molecule has 1 aliphatic heterocycles. The Hall–Kier alpha value is -3.26.